The number of anilines is 1. The molecular formula is C21H17FN2O6. The van der Waals surface area contributed by atoms with Crippen molar-refractivity contribution in [1.82, 2.24) is 5.32 Å². The number of esters is 1. The fraction of sp³-hybridized carbons (Fsp3) is 0.143. The molecule has 9 heteroatoms. The van der Waals surface area contributed by atoms with Crippen LogP contribution in [0.25, 0.3) is 6.08 Å². The van der Waals surface area contributed by atoms with E-state index in [1.807, 2.05) is 0 Å². The quantitative estimate of drug-likeness (QED) is 0.444. The minimum atomic E-state index is -0.963. The van der Waals surface area contributed by atoms with Crippen LogP contribution < -0.4 is 15.0 Å². The van der Waals surface area contributed by atoms with Gasteiger partial charge in [-0.2, -0.15) is 0 Å². The van der Waals surface area contributed by atoms with E-state index in [0.29, 0.717) is 16.2 Å². The van der Waals surface area contributed by atoms with E-state index in [1.54, 1.807) is 31.2 Å². The molecule has 30 heavy (non-hydrogen) atoms. The maximum atomic E-state index is 13.5. The molecule has 0 spiro atoms. The number of rotatable bonds is 6. The molecule has 0 aliphatic carbocycles. The second-order valence-electron chi connectivity index (χ2n) is 6.10. The van der Waals surface area contributed by atoms with E-state index in [2.05, 4.69) is 5.32 Å². The summed E-state index contributed by atoms with van der Waals surface area (Å²) >= 11 is 0. The molecule has 1 aliphatic rings. The third-order valence-electron chi connectivity index (χ3n) is 4.02. The third kappa shape index (κ3) is 4.69. The molecule has 8 nitrogen and oxygen atoms in total. The van der Waals surface area contributed by atoms with Crippen LogP contribution in [0.5, 0.6) is 5.75 Å². The minimum absolute atomic E-state index is 0.00128. The Hall–Kier alpha value is -4.01. The smallest absolute Gasteiger partial charge is 0.344 e. The highest BCUT2D eigenvalue weighted by atomic mass is 19.1. The van der Waals surface area contributed by atoms with E-state index in [-0.39, 0.29) is 24.5 Å². The van der Waals surface area contributed by atoms with Crippen LogP contribution >= 0.6 is 0 Å². The van der Waals surface area contributed by atoms with E-state index in [9.17, 15) is 23.6 Å². The van der Waals surface area contributed by atoms with Crippen molar-refractivity contribution in [2.75, 3.05) is 18.1 Å². The Morgan fingerprint density at radius 1 is 1.13 bits per heavy atom. The Kier molecular flexibility index (Phi) is 6.21. The van der Waals surface area contributed by atoms with E-state index in [1.165, 1.54) is 24.3 Å². The number of nitrogens with one attached hydrogen (secondary N) is 1. The molecule has 0 bridgehead atoms. The number of hydrogen-bond acceptors (Lipinski definition) is 6. The number of urea groups is 1. The first-order chi connectivity index (χ1) is 14.4. The van der Waals surface area contributed by atoms with Crippen LogP contribution in [0.1, 0.15) is 12.5 Å². The first-order valence-electron chi connectivity index (χ1n) is 8.94. The number of carbonyl (C=O) groups is 4. The molecule has 0 aromatic heterocycles. The van der Waals surface area contributed by atoms with Crippen molar-refractivity contribution in [3.63, 3.8) is 0 Å². The molecule has 1 heterocycles. The number of amides is 4. The van der Waals surface area contributed by atoms with Crippen LogP contribution in [0, 0.1) is 5.82 Å². The monoisotopic (exact) mass is 412 g/mol. The first kappa shape index (κ1) is 20.7. The van der Waals surface area contributed by atoms with Gasteiger partial charge in [-0.3, -0.25) is 14.9 Å². The second-order valence-corrected chi connectivity index (χ2v) is 6.10. The van der Waals surface area contributed by atoms with Gasteiger partial charge in [0.15, 0.2) is 6.61 Å². The van der Waals surface area contributed by atoms with Crippen LogP contribution in [-0.4, -0.2) is 37.0 Å². The van der Waals surface area contributed by atoms with Crippen LogP contribution in [0.2, 0.25) is 0 Å². The summed E-state index contributed by atoms with van der Waals surface area (Å²) in [6, 6.07) is 10.2. The molecule has 1 saturated heterocycles. The number of halogens is 1. The number of benzene rings is 2. The predicted molar refractivity (Wildman–Crippen MR) is 104 cm³/mol. The molecule has 0 unspecified atom stereocenters. The van der Waals surface area contributed by atoms with Crippen LogP contribution in [0.3, 0.4) is 0 Å². The van der Waals surface area contributed by atoms with Gasteiger partial charge in [0.25, 0.3) is 11.8 Å². The third-order valence-corrected chi connectivity index (χ3v) is 4.02. The summed E-state index contributed by atoms with van der Waals surface area (Å²) in [6.45, 7) is 1.69. The summed E-state index contributed by atoms with van der Waals surface area (Å²) in [5, 5.41) is 2.06. The Balaban J connectivity index is 1.79. The van der Waals surface area contributed by atoms with E-state index in [4.69, 9.17) is 9.47 Å². The topological polar surface area (TPSA) is 102 Å². The highest BCUT2D eigenvalue weighted by Gasteiger charge is 2.36. The predicted octanol–water partition coefficient (Wildman–Crippen LogP) is 2.43. The SMILES string of the molecule is CCOC(=O)COc1ccc(/C=C2\C(=O)NC(=O)N(c3cccc(F)c3)C2=O)cc1. The van der Waals surface area contributed by atoms with Crippen molar-refractivity contribution < 1.29 is 33.0 Å². The lowest BCUT2D eigenvalue weighted by Crippen LogP contribution is -2.54. The standard InChI is InChI=1S/C21H17FN2O6/c1-2-29-18(25)12-30-16-8-6-13(7-9-16)10-17-19(26)23-21(28)24(20(17)27)15-5-3-4-14(22)11-15/h3-11H,2,12H2,1H3,(H,23,26,28)/b17-10+. The minimum Gasteiger partial charge on any atom is -0.482 e. The van der Waals surface area contributed by atoms with Crippen molar-refractivity contribution in [2.45, 2.75) is 6.92 Å². The van der Waals surface area contributed by atoms with Crippen molar-refractivity contribution in [2.24, 2.45) is 0 Å². The molecule has 3 rings (SSSR count). The molecule has 1 aliphatic heterocycles. The molecular weight excluding hydrogens is 395 g/mol. The van der Waals surface area contributed by atoms with Crippen molar-refractivity contribution in [3.8, 4) is 5.75 Å². The van der Waals surface area contributed by atoms with E-state index >= 15 is 0 Å². The molecule has 154 valence electrons. The number of nitrogens with zero attached hydrogens (tertiary/aromatic N) is 1. The summed E-state index contributed by atoms with van der Waals surface area (Å²) in [5.74, 6) is -2.48. The van der Waals surface area contributed by atoms with E-state index < -0.39 is 29.6 Å². The van der Waals surface area contributed by atoms with Gasteiger partial charge in [0, 0.05) is 0 Å². The molecule has 0 radical (unpaired) electrons. The number of ether oxygens (including phenoxy) is 2. The fourth-order valence-electron chi connectivity index (χ4n) is 2.68. The first-order valence-corrected chi connectivity index (χ1v) is 8.94. The lowest BCUT2D eigenvalue weighted by molar-refractivity contribution is -0.145. The Morgan fingerprint density at radius 2 is 1.87 bits per heavy atom. The number of imide groups is 2. The maximum absolute atomic E-state index is 13.5. The van der Waals surface area contributed by atoms with Crippen molar-refractivity contribution >= 4 is 35.6 Å². The van der Waals surface area contributed by atoms with Gasteiger partial charge in [-0.1, -0.05) is 18.2 Å². The van der Waals surface area contributed by atoms with Crippen molar-refractivity contribution in [1.29, 1.82) is 0 Å². The summed E-state index contributed by atoms with van der Waals surface area (Å²) in [4.78, 5) is 49.0. The highest BCUT2D eigenvalue weighted by Crippen LogP contribution is 2.23. The zero-order valence-electron chi connectivity index (χ0n) is 15.9. The van der Waals surface area contributed by atoms with Gasteiger partial charge in [-0.05, 0) is 48.9 Å². The summed E-state index contributed by atoms with van der Waals surface area (Å²) in [5.41, 5.74) is 0.184. The average Bonchev–Trinajstić information content (AvgIpc) is 2.70. The number of carbonyl (C=O) groups excluding carboxylic acids is 4. The lowest BCUT2D eigenvalue weighted by Gasteiger charge is -2.26. The van der Waals surface area contributed by atoms with Gasteiger partial charge in [0.05, 0.1) is 12.3 Å². The molecule has 4 amide bonds. The lowest BCUT2D eigenvalue weighted by atomic mass is 10.1. The summed E-state index contributed by atoms with van der Waals surface area (Å²) in [7, 11) is 0. The summed E-state index contributed by atoms with van der Waals surface area (Å²) in [6.07, 6.45) is 1.30. The summed E-state index contributed by atoms with van der Waals surface area (Å²) < 4.78 is 23.5. The zero-order valence-corrected chi connectivity index (χ0v) is 15.9. The Labute approximate surface area is 170 Å². The fourth-order valence-corrected chi connectivity index (χ4v) is 2.68. The zero-order chi connectivity index (χ0) is 21.7. The van der Waals surface area contributed by atoms with Gasteiger partial charge in [-0.15, -0.1) is 0 Å². The average molecular weight is 412 g/mol. The van der Waals surface area contributed by atoms with Crippen LogP contribution in [0.4, 0.5) is 14.9 Å². The highest BCUT2D eigenvalue weighted by molar-refractivity contribution is 6.39. The number of barbiturate groups is 1. The second kappa shape index (κ2) is 8.99. The van der Waals surface area contributed by atoms with Gasteiger partial charge in [0.1, 0.15) is 17.1 Å². The van der Waals surface area contributed by atoms with Gasteiger partial charge in [0.2, 0.25) is 0 Å². The molecule has 2 aromatic carbocycles. The molecule has 1 fully saturated rings. The van der Waals surface area contributed by atoms with Crippen LogP contribution in [0.15, 0.2) is 54.1 Å². The van der Waals surface area contributed by atoms with Gasteiger partial charge < -0.3 is 9.47 Å². The van der Waals surface area contributed by atoms with Gasteiger partial charge in [-0.25, -0.2) is 18.9 Å². The molecule has 0 saturated carbocycles. The van der Waals surface area contributed by atoms with Gasteiger partial charge >= 0.3 is 12.0 Å². The van der Waals surface area contributed by atoms with E-state index in [0.717, 1.165) is 6.07 Å². The molecule has 2 aromatic rings. The van der Waals surface area contributed by atoms with Crippen molar-refractivity contribution in [3.05, 3.63) is 65.5 Å². The molecule has 1 N–H and O–H groups in total. The number of hydrogen-bond donors (Lipinski definition) is 1. The molecule has 0 atom stereocenters. The maximum Gasteiger partial charge on any atom is 0.344 e. The Bertz CT molecular complexity index is 1030. The Morgan fingerprint density at radius 3 is 2.53 bits per heavy atom. The largest absolute Gasteiger partial charge is 0.482 e. The normalized spacial score (nSPS) is 15.2. The van der Waals surface area contributed by atoms with Crippen LogP contribution in [-0.2, 0) is 19.1 Å².